The van der Waals surface area contributed by atoms with Crippen LogP contribution < -0.4 is 5.32 Å². The van der Waals surface area contributed by atoms with Gasteiger partial charge in [-0.25, -0.2) is 8.42 Å². The molecule has 2 aromatic carbocycles. The molecule has 2 aliphatic rings. The van der Waals surface area contributed by atoms with Crippen LogP contribution in [0.25, 0.3) is 0 Å². The van der Waals surface area contributed by atoms with Crippen LogP contribution in [0.3, 0.4) is 0 Å². The number of carbonyl (C=O) groups excluding carboxylic acids is 1. The SMILES string of the molecule is Cc1cc(C)c(S(=O)(=O)N2CCC(C(=O)N[C@@H]3CCc4ccccc43)CC2)c(C)c1. The molecular formula is C24H30N2O3S. The molecule has 1 fully saturated rings. The summed E-state index contributed by atoms with van der Waals surface area (Å²) in [6.07, 6.45) is 3.05. The van der Waals surface area contributed by atoms with Gasteiger partial charge in [0.15, 0.2) is 0 Å². The molecule has 0 spiro atoms. The molecular weight excluding hydrogens is 396 g/mol. The van der Waals surface area contributed by atoms with Crippen LogP contribution in [0, 0.1) is 26.7 Å². The summed E-state index contributed by atoms with van der Waals surface area (Å²) in [5, 5.41) is 3.21. The fourth-order valence-corrected chi connectivity index (χ4v) is 6.94. The molecule has 1 saturated heterocycles. The lowest BCUT2D eigenvalue weighted by atomic mass is 9.96. The maximum atomic E-state index is 13.3. The number of hydrogen-bond donors (Lipinski definition) is 1. The highest BCUT2D eigenvalue weighted by molar-refractivity contribution is 7.89. The van der Waals surface area contributed by atoms with Gasteiger partial charge in [-0.1, -0.05) is 42.0 Å². The molecule has 1 amide bonds. The molecule has 1 N–H and O–H groups in total. The average molecular weight is 427 g/mol. The molecule has 6 heteroatoms. The Morgan fingerprint density at radius 1 is 1.00 bits per heavy atom. The molecule has 1 aliphatic carbocycles. The van der Waals surface area contributed by atoms with Gasteiger partial charge < -0.3 is 5.32 Å². The van der Waals surface area contributed by atoms with Crippen molar-refractivity contribution in [1.29, 1.82) is 0 Å². The summed E-state index contributed by atoms with van der Waals surface area (Å²) in [6, 6.07) is 12.2. The molecule has 30 heavy (non-hydrogen) atoms. The van der Waals surface area contributed by atoms with Gasteiger partial charge in [0.25, 0.3) is 0 Å². The van der Waals surface area contributed by atoms with Gasteiger partial charge in [0, 0.05) is 19.0 Å². The van der Waals surface area contributed by atoms with Gasteiger partial charge in [0.05, 0.1) is 10.9 Å². The third-order valence-corrected chi connectivity index (χ3v) is 8.68. The Morgan fingerprint density at radius 2 is 1.63 bits per heavy atom. The van der Waals surface area contributed by atoms with Crippen molar-refractivity contribution in [3.63, 3.8) is 0 Å². The number of nitrogens with one attached hydrogen (secondary N) is 1. The van der Waals surface area contributed by atoms with Crippen LogP contribution in [-0.4, -0.2) is 31.7 Å². The molecule has 5 nitrogen and oxygen atoms in total. The lowest BCUT2D eigenvalue weighted by molar-refractivity contribution is -0.126. The van der Waals surface area contributed by atoms with Crippen LogP contribution >= 0.6 is 0 Å². The lowest BCUT2D eigenvalue weighted by Crippen LogP contribution is -2.43. The van der Waals surface area contributed by atoms with Crippen molar-refractivity contribution in [3.8, 4) is 0 Å². The first kappa shape index (κ1) is 21.1. The van der Waals surface area contributed by atoms with Crippen LogP contribution in [-0.2, 0) is 21.2 Å². The number of amides is 1. The summed E-state index contributed by atoms with van der Waals surface area (Å²) in [5.41, 5.74) is 5.16. The molecule has 0 aromatic heterocycles. The van der Waals surface area contributed by atoms with E-state index in [2.05, 4.69) is 17.4 Å². The number of sulfonamides is 1. The Hall–Kier alpha value is -2.18. The second-order valence-corrected chi connectivity index (χ2v) is 10.6. The zero-order valence-electron chi connectivity index (χ0n) is 17.9. The predicted octanol–water partition coefficient (Wildman–Crippen LogP) is 3.82. The zero-order chi connectivity index (χ0) is 21.5. The first-order chi connectivity index (χ1) is 14.3. The summed E-state index contributed by atoms with van der Waals surface area (Å²) < 4.78 is 28.1. The molecule has 160 valence electrons. The number of fused-ring (bicyclic) bond motifs is 1. The van der Waals surface area contributed by atoms with Gasteiger partial charge in [-0.2, -0.15) is 4.31 Å². The third kappa shape index (κ3) is 3.91. The minimum Gasteiger partial charge on any atom is -0.349 e. The molecule has 1 atom stereocenters. The first-order valence-electron chi connectivity index (χ1n) is 10.7. The van der Waals surface area contributed by atoms with Crippen molar-refractivity contribution in [2.24, 2.45) is 5.92 Å². The average Bonchev–Trinajstić information content (AvgIpc) is 3.10. The zero-order valence-corrected chi connectivity index (χ0v) is 18.8. The van der Waals surface area contributed by atoms with Crippen LogP contribution in [0.1, 0.15) is 53.1 Å². The normalized spacial score (nSPS) is 20.2. The van der Waals surface area contributed by atoms with Crippen molar-refractivity contribution >= 4 is 15.9 Å². The molecule has 1 aliphatic heterocycles. The van der Waals surface area contributed by atoms with Crippen LogP contribution in [0.5, 0.6) is 0 Å². The number of hydrogen-bond acceptors (Lipinski definition) is 3. The Balaban J connectivity index is 1.41. The molecule has 4 rings (SSSR count). The van der Waals surface area contributed by atoms with E-state index in [0.29, 0.717) is 30.8 Å². The van der Waals surface area contributed by atoms with Crippen molar-refractivity contribution in [3.05, 3.63) is 64.2 Å². The van der Waals surface area contributed by atoms with E-state index in [4.69, 9.17) is 0 Å². The van der Waals surface area contributed by atoms with E-state index in [1.807, 2.05) is 45.0 Å². The van der Waals surface area contributed by atoms with Crippen LogP contribution in [0.4, 0.5) is 0 Å². The highest BCUT2D eigenvalue weighted by atomic mass is 32.2. The van der Waals surface area contributed by atoms with Gasteiger partial charge in [0.2, 0.25) is 15.9 Å². The monoisotopic (exact) mass is 426 g/mol. The summed E-state index contributed by atoms with van der Waals surface area (Å²) in [7, 11) is -3.55. The lowest BCUT2D eigenvalue weighted by Gasteiger charge is -2.32. The Morgan fingerprint density at radius 3 is 2.30 bits per heavy atom. The molecule has 0 unspecified atom stereocenters. The van der Waals surface area contributed by atoms with Gasteiger partial charge >= 0.3 is 0 Å². The second kappa shape index (κ2) is 8.16. The molecule has 0 bridgehead atoms. The Bertz CT molecular complexity index is 1050. The second-order valence-electron chi connectivity index (χ2n) is 8.70. The fourth-order valence-electron chi connectivity index (χ4n) is 5.06. The van der Waals surface area contributed by atoms with E-state index in [-0.39, 0.29) is 17.9 Å². The molecule has 0 radical (unpaired) electrons. The predicted molar refractivity (Wildman–Crippen MR) is 118 cm³/mol. The molecule has 1 heterocycles. The van der Waals surface area contributed by atoms with Crippen LogP contribution in [0.15, 0.2) is 41.3 Å². The van der Waals surface area contributed by atoms with Gasteiger partial charge in [-0.05, 0) is 68.7 Å². The third-order valence-electron chi connectivity index (χ3n) is 6.48. The Kier molecular flexibility index (Phi) is 5.73. The summed E-state index contributed by atoms with van der Waals surface area (Å²) in [5.74, 6) is -0.0825. The van der Waals surface area contributed by atoms with E-state index < -0.39 is 10.0 Å². The number of rotatable bonds is 4. The smallest absolute Gasteiger partial charge is 0.243 e. The minimum absolute atomic E-state index is 0.0523. The van der Waals surface area contributed by atoms with Crippen molar-refractivity contribution < 1.29 is 13.2 Å². The van der Waals surface area contributed by atoms with Crippen molar-refractivity contribution in [1.82, 2.24) is 9.62 Å². The number of carbonyl (C=O) groups is 1. The van der Waals surface area contributed by atoms with Crippen LogP contribution in [0.2, 0.25) is 0 Å². The summed E-state index contributed by atoms with van der Waals surface area (Å²) in [4.78, 5) is 13.3. The highest BCUT2D eigenvalue weighted by Gasteiger charge is 2.35. The summed E-state index contributed by atoms with van der Waals surface area (Å²) in [6.45, 7) is 6.45. The van der Waals surface area contributed by atoms with E-state index in [1.54, 1.807) is 4.31 Å². The maximum Gasteiger partial charge on any atom is 0.243 e. The van der Waals surface area contributed by atoms with E-state index in [1.165, 1.54) is 11.1 Å². The van der Waals surface area contributed by atoms with Gasteiger partial charge in [-0.15, -0.1) is 0 Å². The van der Waals surface area contributed by atoms with Gasteiger partial charge in [-0.3, -0.25) is 4.79 Å². The summed E-state index contributed by atoms with van der Waals surface area (Å²) >= 11 is 0. The van der Waals surface area contributed by atoms with E-state index >= 15 is 0 Å². The van der Waals surface area contributed by atoms with Crippen molar-refractivity contribution in [2.45, 2.75) is 57.4 Å². The topological polar surface area (TPSA) is 66.5 Å². The number of nitrogens with zero attached hydrogens (tertiary/aromatic N) is 1. The van der Waals surface area contributed by atoms with Crippen molar-refractivity contribution in [2.75, 3.05) is 13.1 Å². The molecule has 0 saturated carbocycles. The highest BCUT2D eigenvalue weighted by Crippen LogP contribution is 2.32. The van der Waals surface area contributed by atoms with Gasteiger partial charge in [0.1, 0.15) is 0 Å². The number of aryl methyl sites for hydroxylation is 4. The quantitative estimate of drug-likeness (QED) is 0.808. The molecule has 2 aromatic rings. The number of benzene rings is 2. The Labute approximate surface area is 179 Å². The number of piperidine rings is 1. The van der Waals surface area contributed by atoms with E-state index in [0.717, 1.165) is 29.5 Å². The largest absolute Gasteiger partial charge is 0.349 e. The maximum absolute atomic E-state index is 13.3. The minimum atomic E-state index is -3.55. The fraction of sp³-hybridized carbons (Fsp3) is 0.458. The van der Waals surface area contributed by atoms with E-state index in [9.17, 15) is 13.2 Å². The first-order valence-corrected chi connectivity index (χ1v) is 12.2. The standard InChI is InChI=1S/C24H30N2O3S/c1-16-14-17(2)23(18(3)15-16)30(28,29)26-12-10-20(11-13-26)24(27)25-22-9-8-19-6-4-5-7-21(19)22/h4-7,14-15,20,22H,8-13H2,1-3H3,(H,25,27)/t22-/m1/s1.